The lowest BCUT2D eigenvalue weighted by atomic mass is 10.1. The van der Waals surface area contributed by atoms with Crippen molar-refractivity contribution in [3.8, 4) is 5.75 Å². The number of carbonyl (C=O) groups is 2. The summed E-state index contributed by atoms with van der Waals surface area (Å²) in [6.07, 6.45) is -0.954. The Morgan fingerprint density at radius 3 is 2.50 bits per heavy atom. The van der Waals surface area contributed by atoms with Crippen LogP contribution in [0.2, 0.25) is 0 Å². The summed E-state index contributed by atoms with van der Waals surface area (Å²) in [6.45, 7) is 8.57. The van der Waals surface area contributed by atoms with Crippen LogP contribution in [0.1, 0.15) is 45.0 Å². The van der Waals surface area contributed by atoms with E-state index in [0.717, 1.165) is 6.07 Å². The second-order valence-corrected chi connectivity index (χ2v) is 6.01. The maximum Gasteiger partial charge on any atom is 0.407 e. The minimum Gasteiger partial charge on any atom is -0.488 e. The summed E-state index contributed by atoms with van der Waals surface area (Å²) in [4.78, 5) is 23.0. The van der Waals surface area contributed by atoms with Crippen molar-refractivity contribution in [2.45, 2.75) is 46.3 Å². The summed E-state index contributed by atoms with van der Waals surface area (Å²) in [7, 11) is 0. The van der Waals surface area contributed by atoms with Gasteiger partial charge in [-0.1, -0.05) is 0 Å². The first-order valence-corrected chi connectivity index (χ1v) is 7.02. The Morgan fingerprint density at radius 2 is 1.95 bits per heavy atom. The third kappa shape index (κ3) is 6.11. The largest absolute Gasteiger partial charge is 0.488 e. The molecule has 1 rings (SSSR count). The first-order valence-electron chi connectivity index (χ1n) is 7.02. The fraction of sp³-hybridized carbons (Fsp3) is 0.500. The van der Waals surface area contributed by atoms with Gasteiger partial charge in [-0.15, -0.1) is 0 Å². The van der Waals surface area contributed by atoms with Gasteiger partial charge in [-0.2, -0.15) is 0 Å². The van der Waals surface area contributed by atoms with Gasteiger partial charge in [0, 0.05) is 0 Å². The molecular weight excluding hydrogens is 289 g/mol. The van der Waals surface area contributed by atoms with Crippen LogP contribution in [-0.2, 0) is 4.74 Å². The van der Waals surface area contributed by atoms with Gasteiger partial charge < -0.3 is 14.8 Å². The van der Waals surface area contributed by atoms with Crippen LogP contribution in [0.15, 0.2) is 18.2 Å². The van der Waals surface area contributed by atoms with Gasteiger partial charge in [-0.25, -0.2) is 9.18 Å². The fourth-order valence-corrected chi connectivity index (χ4v) is 1.68. The van der Waals surface area contributed by atoms with Crippen LogP contribution in [0.5, 0.6) is 5.75 Å². The first kappa shape index (κ1) is 17.9. The number of alkyl carbamates (subject to hydrolysis) is 1. The van der Waals surface area contributed by atoms with E-state index in [-0.39, 0.29) is 23.6 Å². The first-order chi connectivity index (χ1) is 10.1. The lowest BCUT2D eigenvalue weighted by molar-refractivity contribution is 0.0504. The molecule has 22 heavy (non-hydrogen) atoms. The average Bonchev–Trinajstić information content (AvgIpc) is 2.36. The number of amides is 1. The molecule has 1 amide bonds. The van der Waals surface area contributed by atoms with E-state index in [1.54, 1.807) is 27.7 Å². The summed E-state index contributed by atoms with van der Waals surface area (Å²) in [5.41, 5.74) is -0.406. The van der Waals surface area contributed by atoms with Crippen LogP contribution in [0.4, 0.5) is 9.18 Å². The standard InChI is InChI=1S/C16H22FNO4/c1-10(9-18-15(20)22-16(3,4)5)21-14-7-6-12(17)8-13(14)11(2)19/h6-8,10H,9H2,1-5H3,(H,18,20)/t10-/m0/s1. The molecule has 1 aromatic carbocycles. The minimum atomic E-state index is -0.576. The molecule has 0 spiro atoms. The van der Waals surface area contributed by atoms with Gasteiger partial charge in [0.1, 0.15) is 23.3 Å². The fourth-order valence-electron chi connectivity index (χ4n) is 1.68. The van der Waals surface area contributed by atoms with Gasteiger partial charge in [0.15, 0.2) is 5.78 Å². The highest BCUT2D eigenvalue weighted by Crippen LogP contribution is 2.21. The zero-order valence-electron chi connectivity index (χ0n) is 13.5. The third-order valence-corrected chi connectivity index (χ3v) is 2.58. The minimum absolute atomic E-state index is 0.170. The summed E-state index contributed by atoms with van der Waals surface area (Å²) in [6, 6.07) is 3.75. The Morgan fingerprint density at radius 1 is 1.32 bits per heavy atom. The smallest absolute Gasteiger partial charge is 0.407 e. The van der Waals surface area contributed by atoms with E-state index >= 15 is 0 Å². The molecule has 5 nitrogen and oxygen atoms in total. The predicted octanol–water partition coefficient (Wildman–Crippen LogP) is 3.32. The highest BCUT2D eigenvalue weighted by Gasteiger charge is 2.17. The lowest BCUT2D eigenvalue weighted by Gasteiger charge is -2.21. The van der Waals surface area contributed by atoms with E-state index in [4.69, 9.17) is 9.47 Å². The molecule has 0 aliphatic rings. The number of benzene rings is 1. The van der Waals surface area contributed by atoms with E-state index in [2.05, 4.69) is 5.32 Å². The summed E-state index contributed by atoms with van der Waals surface area (Å²) in [5, 5.41) is 2.57. The number of ketones is 1. The molecule has 0 radical (unpaired) electrons. The van der Waals surface area contributed by atoms with E-state index in [9.17, 15) is 14.0 Å². The molecule has 1 atom stereocenters. The molecular formula is C16H22FNO4. The SMILES string of the molecule is CC(=O)c1cc(F)ccc1O[C@@H](C)CNC(=O)OC(C)(C)C. The Kier molecular flexibility index (Phi) is 5.91. The van der Waals surface area contributed by atoms with Crippen LogP contribution in [-0.4, -0.2) is 30.1 Å². The Hall–Kier alpha value is -2.11. The van der Waals surface area contributed by atoms with Crippen molar-refractivity contribution >= 4 is 11.9 Å². The van der Waals surface area contributed by atoms with E-state index in [0.29, 0.717) is 0 Å². The molecule has 0 heterocycles. The number of hydrogen-bond donors (Lipinski definition) is 1. The van der Waals surface area contributed by atoms with Crippen molar-refractivity contribution in [2.24, 2.45) is 0 Å². The Bertz CT molecular complexity index is 552. The zero-order valence-corrected chi connectivity index (χ0v) is 13.5. The number of halogens is 1. The number of nitrogens with one attached hydrogen (secondary N) is 1. The number of rotatable bonds is 5. The van der Waals surface area contributed by atoms with Crippen LogP contribution < -0.4 is 10.1 Å². The van der Waals surface area contributed by atoms with Gasteiger partial charge >= 0.3 is 6.09 Å². The summed E-state index contributed by atoms with van der Waals surface area (Å²) >= 11 is 0. The predicted molar refractivity (Wildman–Crippen MR) is 80.7 cm³/mol. The number of carbonyl (C=O) groups excluding carboxylic acids is 2. The molecule has 0 saturated carbocycles. The molecule has 0 aromatic heterocycles. The van der Waals surface area contributed by atoms with Gasteiger partial charge in [-0.3, -0.25) is 4.79 Å². The molecule has 0 fully saturated rings. The highest BCUT2D eigenvalue weighted by molar-refractivity contribution is 5.96. The van der Waals surface area contributed by atoms with Crippen molar-refractivity contribution in [1.82, 2.24) is 5.32 Å². The topological polar surface area (TPSA) is 64.6 Å². The maximum absolute atomic E-state index is 13.2. The monoisotopic (exact) mass is 311 g/mol. The zero-order chi connectivity index (χ0) is 16.9. The third-order valence-electron chi connectivity index (χ3n) is 2.58. The lowest BCUT2D eigenvalue weighted by Crippen LogP contribution is -2.37. The van der Waals surface area contributed by atoms with Gasteiger partial charge in [0.25, 0.3) is 0 Å². The van der Waals surface area contributed by atoms with Crippen molar-refractivity contribution in [3.05, 3.63) is 29.6 Å². The van der Waals surface area contributed by atoms with Crippen LogP contribution in [0.25, 0.3) is 0 Å². The average molecular weight is 311 g/mol. The second kappa shape index (κ2) is 7.24. The van der Waals surface area contributed by atoms with Crippen molar-refractivity contribution < 1.29 is 23.5 Å². The molecule has 6 heteroatoms. The highest BCUT2D eigenvalue weighted by atomic mass is 19.1. The Labute approximate surface area is 129 Å². The summed E-state index contributed by atoms with van der Waals surface area (Å²) < 4.78 is 23.9. The van der Waals surface area contributed by atoms with Crippen LogP contribution in [0.3, 0.4) is 0 Å². The maximum atomic E-state index is 13.2. The normalized spacial score (nSPS) is 12.5. The van der Waals surface area contributed by atoms with E-state index in [1.807, 2.05) is 0 Å². The Balaban J connectivity index is 2.61. The van der Waals surface area contributed by atoms with E-state index < -0.39 is 23.6 Å². The van der Waals surface area contributed by atoms with Crippen LogP contribution >= 0.6 is 0 Å². The van der Waals surface area contributed by atoms with Crippen molar-refractivity contribution in [1.29, 1.82) is 0 Å². The number of ether oxygens (including phenoxy) is 2. The molecule has 122 valence electrons. The molecule has 1 aromatic rings. The van der Waals surface area contributed by atoms with Crippen LogP contribution in [0, 0.1) is 5.82 Å². The molecule has 0 aliphatic heterocycles. The van der Waals surface area contributed by atoms with Crippen molar-refractivity contribution in [2.75, 3.05) is 6.54 Å². The molecule has 0 saturated heterocycles. The quantitative estimate of drug-likeness (QED) is 0.847. The molecule has 0 aliphatic carbocycles. The summed E-state index contributed by atoms with van der Waals surface area (Å²) in [5.74, 6) is -0.508. The second-order valence-electron chi connectivity index (χ2n) is 6.01. The van der Waals surface area contributed by atoms with Crippen molar-refractivity contribution in [3.63, 3.8) is 0 Å². The molecule has 1 N–H and O–H groups in total. The number of hydrogen-bond acceptors (Lipinski definition) is 4. The number of Topliss-reactive ketones (excluding diaryl/α,β-unsaturated/α-hetero) is 1. The van der Waals surface area contributed by atoms with Gasteiger partial charge in [0.05, 0.1) is 12.1 Å². The van der Waals surface area contributed by atoms with E-state index in [1.165, 1.54) is 19.1 Å². The van der Waals surface area contributed by atoms with Gasteiger partial charge in [0.2, 0.25) is 0 Å². The molecule has 0 unspecified atom stereocenters. The molecule has 0 bridgehead atoms. The van der Waals surface area contributed by atoms with Gasteiger partial charge in [-0.05, 0) is 52.8 Å².